The van der Waals surface area contributed by atoms with Crippen molar-refractivity contribution in [2.24, 2.45) is 5.92 Å². The highest BCUT2D eigenvalue weighted by Gasteiger charge is 2.29. The van der Waals surface area contributed by atoms with Crippen LogP contribution in [0, 0.1) is 5.92 Å². The van der Waals surface area contributed by atoms with Crippen LogP contribution >= 0.6 is 0 Å². The van der Waals surface area contributed by atoms with Crippen molar-refractivity contribution in [3.63, 3.8) is 0 Å². The molecule has 0 spiro atoms. The van der Waals surface area contributed by atoms with Gasteiger partial charge in [-0.3, -0.25) is 4.79 Å². The summed E-state index contributed by atoms with van der Waals surface area (Å²) in [5, 5.41) is 7.43. The number of carbonyl (C=O) groups is 1. The zero-order valence-electron chi connectivity index (χ0n) is 17.6. The van der Waals surface area contributed by atoms with E-state index >= 15 is 0 Å². The Bertz CT molecular complexity index is 868. The number of piperidine rings is 1. The SMILES string of the molecule is COc1cc2c(cc1CNC1CCCNC1c1ccccc1)N(C)C(=O)[C@@H](C)C2. The second-order valence-electron chi connectivity index (χ2n) is 8.27. The molecule has 0 aliphatic carbocycles. The third-order valence-corrected chi connectivity index (χ3v) is 6.29. The molecule has 2 aromatic rings. The zero-order valence-corrected chi connectivity index (χ0v) is 17.6. The molecule has 0 radical (unpaired) electrons. The molecule has 1 amide bonds. The molecule has 5 heteroatoms. The molecule has 2 aromatic carbocycles. The normalized spacial score (nSPS) is 24.3. The van der Waals surface area contributed by atoms with Crippen molar-refractivity contribution in [1.82, 2.24) is 10.6 Å². The number of methoxy groups -OCH3 is 1. The lowest BCUT2D eigenvalue weighted by molar-refractivity contribution is -0.121. The first-order chi connectivity index (χ1) is 14.1. The summed E-state index contributed by atoms with van der Waals surface area (Å²) < 4.78 is 5.70. The van der Waals surface area contributed by atoms with E-state index in [0.717, 1.165) is 42.8 Å². The molecule has 2 unspecified atom stereocenters. The van der Waals surface area contributed by atoms with Gasteiger partial charge in [0, 0.05) is 42.8 Å². The van der Waals surface area contributed by atoms with Crippen molar-refractivity contribution in [3.05, 3.63) is 59.2 Å². The highest BCUT2D eigenvalue weighted by Crippen LogP contribution is 2.35. The molecular formula is C24H31N3O2. The minimum atomic E-state index is 0.0149. The van der Waals surface area contributed by atoms with Gasteiger partial charge in [0.2, 0.25) is 5.91 Å². The summed E-state index contributed by atoms with van der Waals surface area (Å²) in [5.74, 6) is 1.09. The Balaban J connectivity index is 1.55. The van der Waals surface area contributed by atoms with E-state index in [1.165, 1.54) is 11.1 Å². The molecule has 3 atom stereocenters. The summed E-state index contributed by atoms with van der Waals surface area (Å²) in [4.78, 5) is 14.2. The van der Waals surface area contributed by atoms with Gasteiger partial charge in [-0.05, 0) is 49.1 Å². The van der Waals surface area contributed by atoms with Gasteiger partial charge in [-0.25, -0.2) is 0 Å². The van der Waals surface area contributed by atoms with Gasteiger partial charge >= 0.3 is 0 Å². The smallest absolute Gasteiger partial charge is 0.229 e. The fraction of sp³-hybridized carbons (Fsp3) is 0.458. The highest BCUT2D eigenvalue weighted by molar-refractivity contribution is 5.97. The van der Waals surface area contributed by atoms with Crippen molar-refractivity contribution in [1.29, 1.82) is 0 Å². The molecule has 2 heterocycles. The van der Waals surface area contributed by atoms with E-state index in [9.17, 15) is 4.79 Å². The number of nitrogens with one attached hydrogen (secondary N) is 2. The molecule has 1 saturated heterocycles. The summed E-state index contributed by atoms with van der Waals surface area (Å²) in [5.41, 5.74) is 4.60. The maximum absolute atomic E-state index is 12.4. The molecular weight excluding hydrogens is 362 g/mol. The van der Waals surface area contributed by atoms with E-state index in [0.29, 0.717) is 18.6 Å². The Morgan fingerprint density at radius 2 is 2.03 bits per heavy atom. The van der Waals surface area contributed by atoms with E-state index in [4.69, 9.17) is 4.74 Å². The quantitative estimate of drug-likeness (QED) is 0.817. The van der Waals surface area contributed by atoms with Gasteiger partial charge < -0.3 is 20.3 Å². The second kappa shape index (κ2) is 8.56. The van der Waals surface area contributed by atoms with Gasteiger partial charge in [-0.2, -0.15) is 0 Å². The molecule has 2 aliphatic heterocycles. The van der Waals surface area contributed by atoms with E-state index in [1.54, 1.807) is 12.0 Å². The van der Waals surface area contributed by atoms with Gasteiger partial charge in [0.1, 0.15) is 5.75 Å². The Morgan fingerprint density at radius 3 is 2.79 bits per heavy atom. The van der Waals surface area contributed by atoms with Gasteiger partial charge in [-0.15, -0.1) is 0 Å². The summed E-state index contributed by atoms with van der Waals surface area (Å²) >= 11 is 0. The van der Waals surface area contributed by atoms with E-state index < -0.39 is 0 Å². The summed E-state index contributed by atoms with van der Waals surface area (Å²) in [7, 11) is 3.60. The summed E-state index contributed by atoms with van der Waals surface area (Å²) in [6.45, 7) is 3.75. The zero-order chi connectivity index (χ0) is 20.4. The number of nitrogens with zero attached hydrogens (tertiary/aromatic N) is 1. The van der Waals surface area contributed by atoms with Gasteiger partial charge in [0.15, 0.2) is 0 Å². The summed E-state index contributed by atoms with van der Waals surface area (Å²) in [6, 6.07) is 15.5. The van der Waals surface area contributed by atoms with Crippen molar-refractivity contribution >= 4 is 11.6 Å². The van der Waals surface area contributed by atoms with Gasteiger partial charge in [0.05, 0.1) is 7.11 Å². The Labute approximate surface area is 173 Å². The number of amides is 1. The molecule has 2 aliphatic rings. The molecule has 0 aromatic heterocycles. The molecule has 154 valence electrons. The van der Waals surface area contributed by atoms with E-state index in [1.807, 2.05) is 14.0 Å². The van der Waals surface area contributed by atoms with Crippen LogP contribution < -0.4 is 20.3 Å². The number of hydrogen-bond acceptors (Lipinski definition) is 4. The first-order valence-electron chi connectivity index (χ1n) is 10.6. The van der Waals surface area contributed by atoms with Crippen molar-refractivity contribution in [2.75, 3.05) is 25.6 Å². The monoisotopic (exact) mass is 393 g/mol. The fourth-order valence-corrected chi connectivity index (χ4v) is 4.68. The van der Waals surface area contributed by atoms with Gasteiger partial charge in [0.25, 0.3) is 0 Å². The predicted molar refractivity (Wildman–Crippen MR) is 116 cm³/mol. The number of carbonyl (C=O) groups excluding carboxylic acids is 1. The maximum Gasteiger partial charge on any atom is 0.229 e. The minimum Gasteiger partial charge on any atom is -0.496 e. The lowest BCUT2D eigenvalue weighted by atomic mass is 9.91. The molecule has 4 rings (SSSR count). The standard InChI is InChI=1S/C24H31N3O2/c1-16-12-18-14-22(29-3)19(13-21(18)27(2)24(16)28)15-26-20-10-7-11-25-23(20)17-8-5-4-6-9-17/h4-6,8-9,13-14,16,20,23,25-26H,7,10-12,15H2,1-3H3/t16-,20?,23?/m0/s1. The average Bonchev–Trinajstić information content (AvgIpc) is 2.76. The molecule has 0 saturated carbocycles. The van der Waals surface area contributed by atoms with Crippen LogP contribution in [-0.4, -0.2) is 32.7 Å². The van der Waals surface area contributed by atoms with Crippen LogP contribution in [-0.2, 0) is 17.8 Å². The van der Waals surface area contributed by atoms with Crippen LogP contribution in [0.3, 0.4) is 0 Å². The Kier molecular flexibility index (Phi) is 5.88. The maximum atomic E-state index is 12.4. The number of benzene rings is 2. The average molecular weight is 394 g/mol. The summed E-state index contributed by atoms with van der Waals surface area (Å²) in [6.07, 6.45) is 3.07. The number of fused-ring (bicyclic) bond motifs is 1. The lowest BCUT2D eigenvalue weighted by Crippen LogP contribution is -2.45. The highest BCUT2D eigenvalue weighted by atomic mass is 16.5. The van der Waals surface area contributed by atoms with E-state index in [-0.39, 0.29) is 11.8 Å². The third-order valence-electron chi connectivity index (χ3n) is 6.29. The van der Waals surface area contributed by atoms with Crippen LogP contribution in [0.5, 0.6) is 5.75 Å². The van der Waals surface area contributed by atoms with Gasteiger partial charge in [-0.1, -0.05) is 37.3 Å². The van der Waals surface area contributed by atoms with Crippen molar-refractivity contribution in [2.45, 2.75) is 44.8 Å². The first-order valence-corrected chi connectivity index (χ1v) is 10.6. The second-order valence-corrected chi connectivity index (χ2v) is 8.27. The third kappa shape index (κ3) is 4.02. The minimum absolute atomic E-state index is 0.0149. The largest absolute Gasteiger partial charge is 0.496 e. The lowest BCUT2D eigenvalue weighted by Gasteiger charge is -2.34. The Hall–Kier alpha value is -2.37. The number of ether oxygens (including phenoxy) is 1. The number of hydrogen-bond donors (Lipinski definition) is 2. The molecule has 2 N–H and O–H groups in total. The fourth-order valence-electron chi connectivity index (χ4n) is 4.68. The van der Waals surface area contributed by atoms with Crippen LogP contribution in [0.2, 0.25) is 0 Å². The molecule has 0 bridgehead atoms. The van der Waals surface area contributed by atoms with Crippen molar-refractivity contribution in [3.8, 4) is 5.75 Å². The van der Waals surface area contributed by atoms with Crippen LogP contribution in [0.15, 0.2) is 42.5 Å². The number of anilines is 1. The van der Waals surface area contributed by atoms with Crippen LogP contribution in [0.4, 0.5) is 5.69 Å². The Morgan fingerprint density at radius 1 is 1.24 bits per heavy atom. The van der Waals surface area contributed by atoms with Crippen LogP contribution in [0.1, 0.15) is 42.5 Å². The van der Waals surface area contributed by atoms with Crippen molar-refractivity contribution < 1.29 is 9.53 Å². The first kappa shape index (κ1) is 19.9. The molecule has 29 heavy (non-hydrogen) atoms. The molecule has 1 fully saturated rings. The topological polar surface area (TPSA) is 53.6 Å². The van der Waals surface area contributed by atoms with E-state index in [2.05, 4.69) is 53.1 Å². The predicted octanol–water partition coefficient (Wildman–Crippen LogP) is 3.43. The number of rotatable bonds is 5. The van der Waals surface area contributed by atoms with Crippen LogP contribution in [0.25, 0.3) is 0 Å². The molecule has 5 nitrogen and oxygen atoms in total.